The number of ether oxygens (including phenoxy) is 1. The summed E-state index contributed by atoms with van der Waals surface area (Å²) in [6, 6.07) is 0.540. The largest absolute Gasteiger partial charge is 0.377 e. The zero-order valence-corrected chi connectivity index (χ0v) is 14.6. The van der Waals surface area contributed by atoms with Crippen molar-refractivity contribution in [2.24, 2.45) is 16.3 Å². The van der Waals surface area contributed by atoms with Crippen LogP contribution >= 0.6 is 24.0 Å². The molecule has 2 aliphatic carbocycles. The lowest BCUT2D eigenvalue weighted by Crippen LogP contribution is -2.69. The lowest BCUT2D eigenvalue weighted by Gasteiger charge is -2.57. The van der Waals surface area contributed by atoms with Crippen molar-refractivity contribution in [1.29, 1.82) is 0 Å². The molecule has 1 heterocycles. The van der Waals surface area contributed by atoms with E-state index in [9.17, 15) is 0 Å². The van der Waals surface area contributed by atoms with Crippen molar-refractivity contribution < 1.29 is 4.74 Å². The van der Waals surface area contributed by atoms with Crippen LogP contribution in [0.4, 0.5) is 0 Å². The van der Waals surface area contributed by atoms with Gasteiger partial charge in [-0.2, -0.15) is 0 Å². The van der Waals surface area contributed by atoms with Crippen LogP contribution in [-0.2, 0) is 4.74 Å². The number of fused-ring (bicyclic) bond motifs is 2. The van der Waals surface area contributed by atoms with E-state index in [-0.39, 0.29) is 24.0 Å². The van der Waals surface area contributed by atoms with Crippen LogP contribution in [0.15, 0.2) is 17.6 Å². The number of guanidine groups is 1. The van der Waals surface area contributed by atoms with Crippen molar-refractivity contribution >= 4 is 29.9 Å². The van der Waals surface area contributed by atoms with E-state index >= 15 is 0 Å². The van der Waals surface area contributed by atoms with E-state index in [1.54, 1.807) is 0 Å². The number of hydrogen-bond donors (Lipinski definition) is 2. The minimum Gasteiger partial charge on any atom is -0.377 e. The molecule has 20 heavy (non-hydrogen) atoms. The molecule has 0 aromatic rings. The van der Waals surface area contributed by atoms with Gasteiger partial charge in [-0.05, 0) is 19.3 Å². The van der Waals surface area contributed by atoms with Gasteiger partial charge >= 0.3 is 0 Å². The molecule has 1 spiro atoms. The molecule has 1 aliphatic heterocycles. The standard InChI is InChI=1S/C15H25N3O.HI/c1-3-9-17-14(16-2)18-12-11-6-10-19-13(11)15(12)7-4-5-8-15;/h3,11-13H,1,4-10H2,2H3,(H2,16,17,18);1H. The normalized spacial score (nSPS) is 34.0. The number of rotatable bonds is 3. The molecule has 0 bridgehead atoms. The number of nitrogens with one attached hydrogen (secondary N) is 2. The first-order valence-corrected chi connectivity index (χ1v) is 7.51. The Kier molecular flexibility index (Phi) is 5.34. The van der Waals surface area contributed by atoms with Gasteiger partial charge in [-0.3, -0.25) is 4.99 Å². The zero-order valence-electron chi connectivity index (χ0n) is 12.2. The molecular formula is C15H26IN3O. The Labute approximate surface area is 138 Å². The second kappa shape index (κ2) is 6.64. The van der Waals surface area contributed by atoms with E-state index in [1.165, 1.54) is 32.1 Å². The summed E-state index contributed by atoms with van der Waals surface area (Å²) in [5, 5.41) is 6.94. The van der Waals surface area contributed by atoms with Crippen LogP contribution in [0.25, 0.3) is 0 Å². The molecular weight excluding hydrogens is 365 g/mol. The monoisotopic (exact) mass is 391 g/mol. The molecule has 3 atom stereocenters. The van der Waals surface area contributed by atoms with E-state index in [0.29, 0.717) is 23.5 Å². The highest BCUT2D eigenvalue weighted by molar-refractivity contribution is 14.0. The second-order valence-electron chi connectivity index (χ2n) is 6.05. The number of nitrogens with zero attached hydrogens (tertiary/aromatic N) is 1. The Morgan fingerprint density at radius 3 is 2.85 bits per heavy atom. The summed E-state index contributed by atoms with van der Waals surface area (Å²) in [7, 11) is 1.83. The number of hydrogen-bond acceptors (Lipinski definition) is 2. The Balaban J connectivity index is 0.00000147. The quantitative estimate of drug-likeness (QED) is 0.336. The van der Waals surface area contributed by atoms with Gasteiger partial charge in [-0.15, -0.1) is 30.6 Å². The van der Waals surface area contributed by atoms with Gasteiger partial charge in [-0.25, -0.2) is 0 Å². The van der Waals surface area contributed by atoms with Gasteiger partial charge in [0.2, 0.25) is 0 Å². The van der Waals surface area contributed by atoms with Crippen LogP contribution in [-0.4, -0.2) is 38.3 Å². The fourth-order valence-corrected chi connectivity index (χ4v) is 4.41. The van der Waals surface area contributed by atoms with Crippen molar-refractivity contribution in [3.05, 3.63) is 12.7 Å². The van der Waals surface area contributed by atoms with Gasteiger partial charge in [-0.1, -0.05) is 18.9 Å². The van der Waals surface area contributed by atoms with Gasteiger partial charge < -0.3 is 15.4 Å². The molecule has 2 N–H and O–H groups in total. The van der Waals surface area contributed by atoms with Gasteiger partial charge in [0.1, 0.15) is 0 Å². The van der Waals surface area contributed by atoms with Crippen molar-refractivity contribution in [2.45, 2.75) is 44.2 Å². The first kappa shape index (κ1) is 16.1. The molecule has 114 valence electrons. The molecule has 0 radical (unpaired) electrons. The molecule has 0 aromatic carbocycles. The summed E-state index contributed by atoms with van der Waals surface area (Å²) in [5.41, 5.74) is 0.382. The molecule has 3 fully saturated rings. The fraction of sp³-hybridized carbons (Fsp3) is 0.800. The smallest absolute Gasteiger partial charge is 0.191 e. The molecule has 3 rings (SSSR count). The topological polar surface area (TPSA) is 45.7 Å². The van der Waals surface area contributed by atoms with E-state index in [0.717, 1.165) is 19.1 Å². The molecule has 0 aromatic heterocycles. The minimum atomic E-state index is 0. The number of aliphatic imine (C=N–C) groups is 1. The van der Waals surface area contributed by atoms with Gasteiger partial charge in [0.25, 0.3) is 0 Å². The first-order valence-electron chi connectivity index (χ1n) is 7.51. The van der Waals surface area contributed by atoms with E-state index in [1.807, 2.05) is 13.1 Å². The lowest BCUT2D eigenvalue weighted by molar-refractivity contribution is -0.125. The van der Waals surface area contributed by atoms with Crippen LogP contribution < -0.4 is 10.6 Å². The third-order valence-electron chi connectivity index (χ3n) is 5.22. The third-order valence-corrected chi connectivity index (χ3v) is 5.22. The average molecular weight is 391 g/mol. The average Bonchev–Trinajstić information content (AvgIpc) is 3.07. The second-order valence-corrected chi connectivity index (χ2v) is 6.05. The van der Waals surface area contributed by atoms with Gasteiger partial charge in [0.05, 0.1) is 6.10 Å². The van der Waals surface area contributed by atoms with Gasteiger partial charge in [0.15, 0.2) is 5.96 Å². The van der Waals surface area contributed by atoms with Crippen molar-refractivity contribution in [1.82, 2.24) is 10.6 Å². The Morgan fingerprint density at radius 2 is 2.20 bits per heavy atom. The predicted molar refractivity (Wildman–Crippen MR) is 92.6 cm³/mol. The van der Waals surface area contributed by atoms with Crippen LogP contribution in [0.1, 0.15) is 32.1 Å². The minimum absolute atomic E-state index is 0. The van der Waals surface area contributed by atoms with Crippen LogP contribution in [0.3, 0.4) is 0 Å². The maximum atomic E-state index is 6.00. The molecule has 3 aliphatic rings. The van der Waals surface area contributed by atoms with Crippen molar-refractivity contribution in [3.8, 4) is 0 Å². The highest BCUT2D eigenvalue weighted by Gasteiger charge is 2.65. The van der Waals surface area contributed by atoms with E-state index in [4.69, 9.17) is 4.74 Å². The van der Waals surface area contributed by atoms with Gasteiger partial charge in [0, 0.05) is 37.6 Å². The highest BCUT2D eigenvalue weighted by Crippen LogP contribution is 2.60. The van der Waals surface area contributed by atoms with Crippen LogP contribution in [0.5, 0.6) is 0 Å². The summed E-state index contributed by atoms with van der Waals surface area (Å²) in [6.45, 7) is 5.43. The maximum Gasteiger partial charge on any atom is 0.191 e. The molecule has 5 heteroatoms. The Bertz CT molecular complexity index is 379. The predicted octanol–water partition coefficient (Wildman–Crippen LogP) is 2.30. The summed E-state index contributed by atoms with van der Waals surface area (Å²) >= 11 is 0. The van der Waals surface area contributed by atoms with Crippen LogP contribution in [0, 0.1) is 11.3 Å². The van der Waals surface area contributed by atoms with E-state index < -0.39 is 0 Å². The Hall–Kier alpha value is -0.300. The van der Waals surface area contributed by atoms with Crippen molar-refractivity contribution in [2.75, 3.05) is 20.2 Å². The highest BCUT2D eigenvalue weighted by atomic mass is 127. The molecule has 2 saturated carbocycles. The maximum absolute atomic E-state index is 6.00. The molecule has 0 amide bonds. The molecule has 3 unspecified atom stereocenters. The molecule has 1 saturated heterocycles. The van der Waals surface area contributed by atoms with Crippen molar-refractivity contribution in [3.63, 3.8) is 0 Å². The summed E-state index contributed by atoms with van der Waals surface area (Å²) in [6.07, 6.45) is 8.88. The van der Waals surface area contributed by atoms with Crippen LogP contribution in [0.2, 0.25) is 0 Å². The zero-order chi connectivity index (χ0) is 13.3. The molecule has 4 nitrogen and oxygen atoms in total. The van der Waals surface area contributed by atoms with E-state index in [2.05, 4.69) is 22.2 Å². The summed E-state index contributed by atoms with van der Waals surface area (Å²) in [5.74, 6) is 1.59. The Morgan fingerprint density at radius 1 is 1.45 bits per heavy atom. The summed E-state index contributed by atoms with van der Waals surface area (Å²) in [4.78, 5) is 4.32. The third kappa shape index (κ3) is 2.47. The summed E-state index contributed by atoms with van der Waals surface area (Å²) < 4.78 is 6.00. The number of halogens is 1. The first-order chi connectivity index (χ1) is 9.31. The SMILES string of the molecule is C=CCNC(=NC)NC1C2CCOC2C12CCCC2.I. The fourth-order valence-electron chi connectivity index (χ4n) is 4.41. The lowest BCUT2D eigenvalue weighted by atomic mass is 9.54.